The molecule has 18 heavy (non-hydrogen) atoms. The predicted molar refractivity (Wildman–Crippen MR) is 60.7 cm³/mol. The number of aliphatic hydroxyl groups is 1. The molecule has 2 atom stereocenters. The van der Waals surface area contributed by atoms with Crippen molar-refractivity contribution in [1.29, 1.82) is 0 Å². The Kier molecular flexibility index (Phi) is 3.25. The molecular weight excluding hydrogens is 240 g/mol. The van der Waals surface area contributed by atoms with Gasteiger partial charge in [0.15, 0.2) is 17.7 Å². The number of cyclic esters (lactones) is 1. The molecule has 0 bridgehead atoms. The lowest BCUT2D eigenvalue weighted by Gasteiger charge is -2.22. The Labute approximate surface area is 105 Å². The lowest BCUT2D eigenvalue weighted by Crippen LogP contribution is -2.34. The molecule has 102 valence electrons. The minimum atomic E-state index is -0.788. The molecule has 2 heterocycles. The molecule has 0 spiro atoms. The Morgan fingerprint density at radius 3 is 2.61 bits per heavy atom. The minimum Gasteiger partial charge on any atom is -0.499 e. The van der Waals surface area contributed by atoms with Gasteiger partial charge < -0.3 is 24.1 Å². The fourth-order valence-electron chi connectivity index (χ4n) is 1.95. The zero-order valence-electron chi connectivity index (χ0n) is 10.9. The van der Waals surface area contributed by atoms with Crippen molar-refractivity contribution < 1.29 is 28.8 Å². The van der Waals surface area contributed by atoms with Crippen LogP contribution >= 0.6 is 0 Å². The van der Waals surface area contributed by atoms with Crippen molar-refractivity contribution in [2.24, 2.45) is 0 Å². The lowest BCUT2D eigenvalue weighted by atomic mass is 10.2. The van der Waals surface area contributed by atoms with Gasteiger partial charge in [0.2, 0.25) is 5.76 Å². The Morgan fingerprint density at radius 2 is 2.11 bits per heavy atom. The molecule has 2 aliphatic rings. The van der Waals surface area contributed by atoms with E-state index in [4.69, 9.17) is 18.9 Å². The summed E-state index contributed by atoms with van der Waals surface area (Å²) in [7, 11) is 0. The fourth-order valence-corrected chi connectivity index (χ4v) is 1.95. The van der Waals surface area contributed by atoms with Crippen LogP contribution in [0.4, 0.5) is 0 Å². The highest BCUT2D eigenvalue weighted by Crippen LogP contribution is 2.33. The first-order chi connectivity index (χ1) is 8.30. The number of rotatable bonds is 3. The first kappa shape index (κ1) is 13.2. The Hall–Kier alpha value is -1.27. The molecular formula is C12H18O6. The van der Waals surface area contributed by atoms with E-state index in [1.54, 1.807) is 27.7 Å². The van der Waals surface area contributed by atoms with Crippen LogP contribution in [0, 0.1) is 0 Å². The molecule has 0 amide bonds. The Balaban J connectivity index is 2.16. The molecule has 0 unspecified atom stereocenters. The molecule has 0 radical (unpaired) electrons. The van der Waals surface area contributed by atoms with Crippen molar-refractivity contribution in [3.8, 4) is 0 Å². The average Bonchev–Trinajstić information content (AvgIpc) is 2.72. The summed E-state index contributed by atoms with van der Waals surface area (Å²) in [6.45, 7) is 7.43. The van der Waals surface area contributed by atoms with E-state index < -0.39 is 29.7 Å². The molecule has 2 rings (SSSR count). The number of esters is 1. The molecule has 0 aliphatic carbocycles. The van der Waals surface area contributed by atoms with Crippen molar-refractivity contribution in [1.82, 2.24) is 0 Å². The predicted octanol–water partition coefficient (Wildman–Crippen LogP) is 1.26. The van der Waals surface area contributed by atoms with Crippen LogP contribution in [0.15, 0.2) is 11.5 Å². The van der Waals surface area contributed by atoms with Crippen LogP contribution in [0.25, 0.3) is 0 Å². The average molecular weight is 258 g/mol. The summed E-state index contributed by atoms with van der Waals surface area (Å²) in [6, 6.07) is 0. The highest BCUT2D eigenvalue weighted by molar-refractivity contribution is 5.89. The molecule has 6 heteroatoms. The third-order valence-corrected chi connectivity index (χ3v) is 2.65. The maximum absolute atomic E-state index is 11.4. The van der Waals surface area contributed by atoms with E-state index >= 15 is 0 Å². The first-order valence-electron chi connectivity index (χ1n) is 5.92. The molecule has 0 aromatic carbocycles. The molecule has 0 aromatic rings. The number of hydrogen-bond acceptors (Lipinski definition) is 6. The van der Waals surface area contributed by atoms with E-state index in [-0.39, 0.29) is 18.5 Å². The van der Waals surface area contributed by atoms with E-state index in [9.17, 15) is 9.90 Å². The Morgan fingerprint density at radius 1 is 1.44 bits per heavy atom. The van der Waals surface area contributed by atoms with E-state index in [0.717, 1.165) is 0 Å². The van der Waals surface area contributed by atoms with E-state index in [2.05, 4.69) is 0 Å². The summed E-state index contributed by atoms with van der Waals surface area (Å²) in [5.74, 6) is -1.87. The monoisotopic (exact) mass is 258 g/mol. The minimum absolute atomic E-state index is 0.126. The lowest BCUT2D eigenvalue weighted by molar-refractivity contribution is -0.164. The normalized spacial score (nSPS) is 31.1. The van der Waals surface area contributed by atoms with Gasteiger partial charge in [-0.2, -0.15) is 0 Å². The molecule has 6 nitrogen and oxygen atoms in total. The molecule has 1 N–H and O–H groups in total. The fraction of sp³-hybridized carbons (Fsp3) is 0.750. The zero-order chi connectivity index (χ0) is 13.5. The van der Waals surface area contributed by atoms with Gasteiger partial charge >= 0.3 is 5.97 Å². The van der Waals surface area contributed by atoms with Crippen LogP contribution in [0.3, 0.4) is 0 Å². The summed E-state index contributed by atoms with van der Waals surface area (Å²) >= 11 is 0. The highest BCUT2D eigenvalue weighted by atomic mass is 16.8. The van der Waals surface area contributed by atoms with Crippen molar-refractivity contribution in [3.05, 3.63) is 11.5 Å². The second kappa shape index (κ2) is 4.44. The van der Waals surface area contributed by atoms with Crippen LogP contribution in [0.5, 0.6) is 0 Å². The van der Waals surface area contributed by atoms with Crippen molar-refractivity contribution in [2.45, 2.75) is 51.8 Å². The van der Waals surface area contributed by atoms with Gasteiger partial charge in [-0.25, -0.2) is 4.79 Å². The van der Waals surface area contributed by atoms with Crippen molar-refractivity contribution in [3.63, 3.8) is 0 Å². The maximum Gasteiger partial charge on any atom is 0.378 e. The van der Waals surface area contributed by atoms with Crippen LogP contribution in [0.1, 0.15) is 27.7 Å². The number of hydrogen-bond donors (Lipinski definition) is 1. The standard InChI is InChI=1S/C12H18O6/c1-6(2)16-10-8(13)11(14)17-9(10)7-5-15-12(3,4)18-7/h6-7,9,13H,5H2,1-4H3/t7-,9+/m0/s1. The van der Waals surface area contributed by atoms with E-state index in [0.29, 0.717) is 0 Å². The highest BCUT2D eigenvalue weighted by Gasteiger charge is 2.47. The van der Waals surface area contributed by atoms with Gasteiger partial charge in [-0.15, -0.1) is 0 Å². The second-order valence-corrected chi connectivity index (χ2v) is 5.07. The number of ether oxygens (including phenoxy) is 4. The van der Waals surface area contributed by atoms with Gasteiger partial charge in [-0.05, 0) is 27.7 Å². The summed E-state index contributed by atoms with van der Waals surface area (Å²) < 4.78 is 21.5. The summed E-state index contributed by atoms with van der Waals surface area (Å²) in [5, 5.41) is 9.65. The third-order valence-electron chi connectivity index (χ3n) is 2.65. The summed E-state index contributed by atoms with van der Waals surface area (Å²) in [6.07, 6.45) is -1.39. The largest absolute Gasteiger partial charge is 0.499 e. The van der Waals surface area contributed by atoms with Gasteiger partial charge in [0.05, 0.1) is 12.7 Å². The molecule has 1 fully saturated rings. The topological polar surface area (TPSA) is 74.2 Å². The third kappa shape index (κ3) is 2.44. The van der Waals surface area contributed by atoms with E-state index in [1.165, 1.54) is 0 Å². The maximum atomic E-state index is 11.4. The SMILES string of the molecule is CC(C)OC1=C(O)C(=O)O[C@@H]1[C@@H]1COC(C)(C)O1. The van der Waals surface area contributed by atoms with Gasteiger partial charge in [0.25, 0.3) is 0 Å². The van der Waals surface area contributed by atoms with Crippen LogP contribution in [-0.4, -0.2) is 41.8 Å². The Bertz CT molecular complexity index is 384. The van der Waals surface area contributed by atoms with Crippen molar-refractivity contribution in [2.75, 3.05) is 6.61 Å². The van der Waals surface area contributed by atoms with Crippen LogP contribution in [0.2, 0.25) is 0 Å². The van der Waals surface area contributed by atoms with Gasteiger partial charge in [-0.3, -0.25) is 0 Å². The van der Waals surface area contributed by atoms with E-state index in [1.807, 2.05) is 0 Å². The first-order valence-corrected chi connectivity index (χ1v) is 5.92. The van der Waals surface area contributed by atoms with Gasteiger partial charge in [-0.1, -0.05) is 0 Å². The van der Waals surface area contributed by atoms with Crippen LogP contribution in [-0.2, 0) is 23.7 Å². The second-order valence-electron chi connectivity index (χ2n) is 5.07. The zero-order valence-corrected chi connectivity index (χ0v) is 10.9. The van der Waals surface area contributed by atoms with Gasteiger partial charge in [0.1, 0.15) is 6.10 Å². The molecule has 0 saturated carbocycles. The summed E-state index contributed by atoms with van der Waals surface area (Å²) in [5.41, 5.74) is 0. The molecule has 0 aromatic heterocycles. The number of carbonyl (C=O) groups is 1. The molecule has 2 aliphatic heterocycles. The number of carbonyl (C=O) groups excluding carboxylic acids is 1. The quantitative estimate of drug-likeness (QED) is 0.768. The molecule has 1 saturated heterocycles. The van der Waals surface area contributed by atoms with Crippen molar-refractivity contribution >= 4 is 5.97 Å². The van der Waals surface area contributed by atoms with Crippen LogP contribution < -0.4 is 0 Å². The number of aliphatic hydroxyl groups excluding tert-OH is 1. The summed E-state index contributed by atoms with van der Waals surface area (Å²) in [4.78, 5) is 11.4. The van der Waals surface area contributed by atoms with Gasteiger partial charge in [0, 0.05) is 0 Å². The smallest absolute Gasteiger partial charge is 0.378 e.